The predicted molar refractivity (Wildman–Crippen MR) is 88.9 cm³/mol. The molecule has 0 bridgehead atoms. The molecule has 5 unspecified atom stereocenters. The van der Waals surface area contributed by atoms with Crippen LogP contribution < -0.4 is 0 Å². The molecule has 6 aliphatic rings. The number of aliphatic hydroxyl groups is 2. The van der Waals surface area contributed by atoms with E-state index in [1.54, 1.807) is 0 Å². The normalized spacial score (nSPS) is 69.1. The Kier molecular flexibility index (Phi) is 2.43. The van der Waals surface area contributed by atoms with Crippen LogP contribution in [0.15, 0.2) is 0 Å². The Hall–Kier alpha value is -0.410. The molecule has 0 saturated heterocycles. The zero-order valence-electron chi connectivity index (χ0n) is 14.9. The largest absolute Gasteiger partial charge is 0.393 e. The summed E-state index contributed by atoms with van der Waals surface area (Å²) in [5, 5.41) is 21.9. The molecule has 3 heteroatoms. The standard InChI is InChI=1S/C21H30O3/c1-19-5-4-14-16(17(19)11-7-12(11)18(19)23)13-8-15(13)21(24)9-10(22)3-6-20(14,21)2/h10-17,22,24H,3-9H2,1-2H3/t10-,11+,12-,13?,14?,15+,16?,17?,19?,20+,21+/m0/s1. The first-order valence-electron chi connectivity index (χ1n) is 10.3. The van der Waals surface area contributed by atoms with E-state index in [1.165, 1.54) is 0 Å². The smallest absolute Gasteiger partial charge is 0.142 e. The van der Waals surface area contributed by atoms with Crippen LogP contribution in [-0.4, -0.2) is 27.7 Å². The monoisotopic (exact) mass is 330 g/mol. The number of hydrogen-bond donors (Lipinski definition) is 2. The minimum Gasteiger partial charge on any atom is -0.393 e. The lowest BCUT2D eigenvalue weighted by molar-refractivity contribution is -0.225. The SMILES string of the molecule is CC12CCC3C(C4C[C@H]4[C@]4(O)C[C@@H](O)CC[C@]34C)C1[C@@H]1C[C@@H]1C2=O. The highest BCUT2D eigenvalue weighted by Crippen LogP contribution is 2.78. The number of carbonyl (C=O) groups is 1. The van der Waals surface area contributed by atoms with Crippen molar-refractivity contribution >= 4 is 5.78 Å². The zero-order valence-corrected chi connectivity index (χ0v) is 14.9. The highest BCUT2D eigenvalue weighted by atomic mass is 16.3. The molecule has 24 heavy (non-hydrogen) atoms. The summed E-state index contributed by atoms with van der Waals surface area (Å²) in [4.78, 5) is 12.9. The lowest BCUT2D eigenvalue weighted by Gasteiger charge is -2.63. The van der Waals surface area contributed by atoms with Crippen LogP contribution >= 0.6 is 0 Å². The summed E-state index contributed by atoms with van der Waals surface area (Å²) in [6, 6.07) is 0. The Balaban J connectivity index is 1.45. The zero-order chi connectivity index (χ0) is 16.6. The fraction of sp³-hybridized carbons (Fsp3) is 0.952. The molecule has 6 saturated carbocycles. The van der Waals surface area contributed by atoms with E-state index < -0.39 is 5.60 Å². The van der Waals surface area contributed by atoms with Gasteiger partial charge in [0.1, 0.15) is 5.78 Å². The quantitative estimate of drug-likeness (QED) is 0.718. The summed E-state index contributed by atoms with van der Waals surface area (Å²) >= 11 is 0. The third-order valence-electron chi connectivity index (χ3n) is 10.1. The summed E-state index contributed by atoms with van der Waals surface area (Å²) in [5.74, 6) is 4.46. The number of hydrogen-bond acceptors (Lipinski definition) is 3. The maximum Gasteiger partial charge on any atom is 0.142 e. The van der Waals surface area contributed by atoms with Gasteiger partial charge in [-0.05, 0) is 79.4 Å². The van der Waals surface area contributed by atoms with Gasteiger partial charge in [-0.2, -0.15) is 0 Å². The van der Waals surface area contributed by atoms with Crippen LogP contribution in [0.2, 0.25) is 0 Å². The molecule has 2 N–H and O–H groups in total. The molecule has 0 aromatic rings. The Bertz CT molecular complexity index is 645. The second kappa shape index (κ2) is 3.96. The fourth-order valence-corrected chi connectivity index (χ4v) is 8.83. The fourth-order valence-electron chi connectivity index (χ4n) is 8.83. The van der Waals surface area contributed by atoms with E-state index in [9.17, 15) is 15.0 Å². The summed E-state index contributed by atoms with van der Waals surface area (Å²) in [7, 11) is 0. The third-order valence-corrected chi connectivity index (χ3v) is 10.1. The maximum atomic E-state index is 12.9. The molecule has 0 radical (unpaired) electrons. The van der Waals surface area contributed by atoms with Crippen molar-refractivity contribution in [2.45, 2.75) is 70.5 Å². The van der Waals surface area contributed by atoms with Crippen molar-refractivity contribution in [3.63, 3.8) is 0 Å². The molecular formula is C21H30O3. The Morgan fingerprint density at radius 2 is 1.83 bits per heavy atom. The molecule has 0 spiro atoms. The van der Waals surface area contributed by atoms with Gasteiger partial charge in [0.05, 0.1) is 11.7 Å². The van der Waals surface area contributed by atoms with Crippen molar-refractivity contribution in [2.24, 2.45) is 52.3 Å². The van der Waals surface area contributed by atoms with Gasteiger partial charge in [0.15, 0.2) is 0 Å². The molecule has 11 atom stereocenters. The summed E-state index contributed by atoms with van der Waals surface area (Å²) in [6.07, 6.45) is 6.50. The van der Waals surface area contributed by atoms with Gasteiger partial charge < -0.3 is 10.2 Å². The highest BCUT2D eigenvalue weighted by molar-refractivity contribution is 5.92. The number of ketones is 1. The van der Waals surface area contributed by atoms with Gasteiger partial charge in [-0.25, -0.2) is 0 Å². The molecule has 132 valence electrons. The first-order chi connectivity index (χ1) is 11.3. The van der Waals surface area contributed by atoms with E-state index in [1.807, 2.05) is 0 Å². The number of Topliss-reactive ketones (excluding diaryl/α,β-unsaturated/α-hetero) is 1. The van der Waals surface area contributed by atoms with Crippen LogP contribution in [0.3, 0.4) is 0 Å². The molecular weight excluding hydrogens is 300 g/mol. The lowest BCUT2D eigenvalue weighted by Crippen LogP contribution is -2.64. The molecule has 3 nitrogen and oxygen atoms in total. The first kappa shape index (κ1) is 14.7. The molecule has 0 aromatic carbocycles. The van der Waals surface area contributed by atoms with Crippen LogP contribution in [0.5, 0.6) is 0 Å². The second-order valence-corrected chi connectivity index (χ2v) is 10.8. The number of rotatable bonds is 0. The van der Waals surface area contributed by atoms with Gasteiger partial charge >= 0.3 is 0 Å². The van der Waals surface area contributed by atoms with Crippen molar-refractivity contribution in [1.82, 2.24) is 0 Å². The minimum absolute atomic E-state index is 0.0497. The van der Waals surface area contributed by atoms with E-state index in [-0.39, 0.29) is 16.9 Å². The Labute approximate surface area is 144 Å². The van der Waals surface area contributed by atoms with Crippen molar-refractivity contribution < 1.29 is 15.0 Å². The van der Waals surface area contributed by atoms with Crippen LogP contribution in [0.4, 0.5) is 0 Å². The van der Waals surface area contributed by atoms with Crippen LogP contribution in [0.1, 0.15) is 58.8 Å². The van der Waals surface area contributed by atoms with Crippen LogP contribution in [-0.2, 0) is 4.79 Å². The van der Waals surface area contributed by atoms with E-state index in [4.69, 9.17) is 0 Å². The molecule has 6 aliphatic carbocycles. The van der Waals surface area contributed by atoms with Crippen molar-refractivity contribution in [3.05, 3.63) is 0 Å². The van der Waals surface area contributed by atoms with Gasteiger partial charge in [-0.3, -0.25) is 4.79 Å². The Morgan fingerprint density at radius 3 is 2.62 bits per heavy atom. The average molecular weight is 330 g/mol. The second-order valence-electron chi connectivity index (χ2n) is 10.8. The minimum atomic E-state index is -0.657. The molecule has 6 rings (SSSR count). The van der Waals surface area contributed by atoms with Crippen molar-refractivity contribution in [1.29, 1.82) is 0 Å². The third kappa shape index (κ3) is 1.37. The lowest BCUT2D eigenvalue weighted by atomic mass is 9.43. The van der Waals surface area contributed by atoms with Gasteiger partial charge in [-0.1, -0.05) is 13.8 Å². The molecule has 0 aliphatic heterocycles. The van der Waals surface area contributed by atoms with Crippen molar-refractivity contribution in [2.75, 3.05) is 0 Å². The topological polar surface area (TPSA) is 57.5 Å². The maximum absolute atomic E-state index is 12.9. The number of carbonyl (C=O) groups excluding carboxylic acids is 1. The molecule has 0 amide bonds. The highest BCUT2D eigenvalue weighted by Gasteiger charge is 2.78. The summed E-state index contributed by atoms with van der Waals surface area (Å²) in [5.41, 5.74) is -0.760. The average Bonchev–Trinajstić information content (AvgIpc) is 3.41. The van der Waals surface area contributed by atoms with E-state index in [0.29, 0.717) is 53.6 Å². The van der Waals surface area contributed by atoms with Gasteiger partial charge in [0.2, 0.25) is 0 Å². The number of fused-ring (bicyclic) bond motifs is 10. The van der Waals surface area contributed by atoms with Crippen molar-refractivity contribution in [3.8, 4) is 0 Å². The van der Waals surface area contributed by atoms with E-state index in [2.05, 4.69) is 13.8 Å². The number of aliphatic hydroxyl groups excluding tert-OH is 1. The van der Waals surface area contributed by atoms with Gasteiger partial charge in [-0.15, -0.1) is 0 Å². The summed E-state index contributed by atoms with van der Waals surface area (Å²) in [6.45, 7) is 4.60. The molecule has 0 aromatic heterocycles. The molecule has 0 heterocycles. The van der Waals surface area contributed by atoms with E-state index in [0.717, 1.165) is 38.5 Å². The van der Waals surface area contributed by atoms with Crippen LogP contribution in [0.25, 0.3) is 0 Å². The summed E-state index contributed by atoms with van der Waals surface area (Å²) < 4.78 is 0. The first-order valence-corrected chi connectivity index (χ1v) is 10.3. The Morgan fingerprint density at radius 1 is 1.04 bits per heavy atom. The van der Waals surface area contributed by atoms with Gasteiger partial charge in [0, 0.05) is 17.8 Å². The van der Waals surface area contributed by atoms with Crippen LogP contribution in [0, 0.1) is 52.3 Å². The molecule has 6 fully saturated rings. The van der Waals surface area contributed by atoms with E-state index >= 15 is 0 Å². The predicted octanol–water partition coefficient (Wildman–Crippen LogP) is 2.79. The van der Waals surface area contributed by atoms with Gasteiger partial charge in [0.25, 0.3) is 0 Å².